The van der Waals surface area contributed by atoms with Crippen LogP contribution in [0, 0.1) is 35.1 Å². The van der Waals surface area contributed by atoms with Crippen molar-refractivity contribution in [3.8, 4) is 0 Å². The summed E-state index contributed by atoms with van der Waals surface area (Å²) >= 11 is 0. The van der Waals surface area contributed by atoms with E-state index in [9.17, 15) is 0 Å². The van der Waals surface area contributed by atoms with Gasteiger partial charge in [0.15, 0.2) is 11.7 Å². The number of amidine groups is 2. The van der Waals surface area contributed by atoms with Crippen molar-refractivity contribution in [2.24, 2.45) is 9.98 Å². The quantitative estimate of drug-likeness (QED) is 0.467. The first-order chi connectivity index (χ1) is 12.9. The number of nitrogens with zero attached hydrogens (tertiary/aromatic N) is 4. The molecule has 4 nitrogen and oxygen atoms in total. The van der Waals surface area contributed by atoms with E-state index < -0.39 is 0 Å². The van der Waals surface area contributed by atoms with Crippen LogP contribution in [0.1, 0.15) is 28.7 Å². The molecule has 1 aliphatic rings. The van der Waals surface area contributed by atoms with Crippen molar-refractivity contribution in [3.63, 3.8) is 0 Å². The van der Waals surface area contributed by atoms with E-state index in [0.717, 1.165) is 42.6 Å². The second-order valence-corrected chi connectivity index (χ2v) is 7.55. The van der Waals surface area contributed by atoms with Crippen molar-refractivity contribution < 1.29 is 16.5 Å². The summed E-state index contributed by atoms with van der Waals surface area (Å²) in [5.74, 6) is 1.88. The fraction of sp³-hybridized carbons (Fsp3) is 0.375. The van der Waals surface area contributed by atoms with Crippen LogP contribution in [0.4, 0.5) is 11.4 Å². The van der Waals surface area contributed by atoms with E-state index in [4.69, 9.17) is 9.98 Å². The molecule has 2 aromatic carbocycles. The van der Waals surface area contributed by atoms with Gasteiger partial charge in [0.05, 0.1) is 11.4 Å². The van der Waals surface area contributed by atoms with Crippen LogP contribution in [0.15, 0.2) is 46.4 Å². The van der Waals surface area contributed by atoms with Crippen LogP contribution >= 0.6 is 0 Å². The summed E-state index contributed by atoms with van der Waals surface area (Å²) < 4.78 is 0. The van der Waals surface area contributed by atoms with E-state index in [-0.39, 0.29) is 23.9 Å². The van der Waals surface area contributed by atoms with Crippen molar-refractivity contribution in [1.29, 1.82) is 0 Å². The van der Waals surface area contributed by atoms with Crippen LogP contribution in [0.2, 0.25) is 0 Å². The Bertz CT molecular complexity index is 788. The van der Waals surface area contributed by atoms with Gasteiger partial charge in [-0.05, 0) is 56.4 Å². The molecule has 2 aromatic rings. The third kappa shape index (κ3) is 5.48. The first kappa shape index (κ1) is 24.9. The average Bonchev–Trinajstić information content (AvgIpc) is 2.74. The molecule has 1 saturated heterocycles. The van der Waals surface area contributed by atoms with Gasteiger partial charge >= 0.3 is 16.5 Å². The van der Waals surface area contributed by atoms with Crippen LogP contribution in [-0.4, -0.2) is 48.7 Å². The maximum absolute atomic E-state index is 5.12. The van der Waals surface area contributed by atoms with Crippen LogP contribution in [0.5, 0.6) is 0 Å². The topological polar surface area (TPSA) is 31.2 Å². The molecule has 1 heterocycles. The Morgan fingerprint density at radius 3 is 1.28 bits per heavy atom. The van der Waals surface area contributed by atoms with Crippen molar-refractivity contribution in [2.75, 3.05) is 27.2 Å². The van der Waals surface area contributed by atoms with E-state index in [0.29, 0.717) is 0 Å². The molecule has 1 aliphatic heterocycles. The normalized spacial score (nSPS) is 17.0. The number of hydrogen-bond acceptors (Lipinski definition) is 2. The van der Waals surface area contributed by atoms with Crippen molar-refractivity contribution in [1.82, 2.24) is 9.80 Å². The van der Waals surface area contributed by atoms with Crippen LogP contribution in [0.3, 0.4) is 0 Å². The minimum absolute atomic E-state index is 0. The van der Waals surface area contributed by atoms with Gasteiger partial charge in [-0.1, -0.05) is 36.4 Å². The molecule has 5 heteroatoms. The summed E-state index contributed by atoms with van der Waals surface area (Å²) in [6, 6.07) is 12.7. The Kier molecular flexibility index (Phi) is 9.10. The molecule has 0 unspecified atom stereocenters. The van der Waals surface area contributed by atoms with E-state index in [1.165, 1.54) is 22.3 Å². The molecule has 0 saturated carbocycles. The summed E-state index contributed by atoms with van der Waals surface area (Å²) in [6.07, 6.45) is 1.09. The molecule has 0 amide bonds. The minimum Gasteiger partial charge on any atom is -0.358 e. The second-order valence-electron chi connectivity index (χ2n) is 7.55. The average molecular weight is 436 g/mol. The van der Waals surface area contributed by atoms with Crippen LogP contribution in [-0.2, 0) is 16.5 Å². The standard InChI is InChI=1S/C23H30N4.CH3.Ni/c1-16-10-7-11-17(2)20(16)24-22-23(27(6)15-9-14-26(22)5)25-21-18(3)12-8-13-19(21)4;;/h7-8,10-13H,9,14-15H2,1-6H3;1H3;/q;-1;+2. The Labute approximate surface area is 186 Å². The molecule has 0 N–H and O–H groups in total. The third-order valence-electron chi connectivity index (χ3n) is 5.22. The predicted octanol–water partition coefficient (Wildman–Crippen LogP) is 5.40. The molecule has 0 radical (unpaired) electrons. The van der Waals surface area contributed by atoms with Crippen molar-refractivity contribution in [2.45, 2.75) is 34.1 Å². The zero-order valence-electron chi connectivity index (χ0n) is 18.7. The third-order valence-corrected chi connectivity index (χ3v) is 5.22. The zero-order valence-corrected chi connectivity index (χ0v) is 19.7. The molecule has 29 heavy (non-hydrogen) atoms. The monoisotopic (exact) mass is 435 g/mol. The van der Waals surface area contributed by atoms with Crippen molar-refractivity contribution >= 4 is 23.0 Å². The molecular formula is C24H33N4Ni+. The van der Waals surface area contributed by atoms with E-state index in [1.807, 2.05) is 0 Å². The van der Waals surface area contributed by atoms with Gasteiger partial charge in [-0.3, -0.25) is 0 Å². The number of benzene rings is 2. The Balaban J connectivity index is 0.00000210. The number of rotatable bonds is 2. The first-order valence-electron chi connectivity index (χ1n) is 9.61. The van der Waals surface area contributed by atoms with Crippen molar-refractivity contribution in [3.05, 3.63) is 66.1 Å². The number of hydrogen-bond donors (Lipinski definition) is 0. The molecular weight excluding hydrogens is 403 g/mol. The molecule has 0 aromatic heterocycles. The Morgan fingerprint density at radius 2 is 0.966 bits per heavy atom. The predicted molar refractivity (Wildman–Crippen MR) is 122 cm³/mol. The molecule has 158 valence electrons. The molecule has 0 aliphatic carbocycles. The fourth-order valence-electron chi connectivity index (χ4n) is 3.54. The Hall–Kier alpha value is -2.13. The second kappa shape index (κ2) is 10.6. The van der Waals surface area contributed by atoms with Gasteiger partial charge in [-0.25, -0.2) is 9.98 Å². The van der Waals surface area contributed by atoms with Gasteiger partial charge in [0.1, 0.15) is 0 Å². The van der Waals surface area contributed by atoms with Gasteiger partial charge in [0, 0.05) is 27.2 Å². The molecule has 0 atom stereocenters. The van der Waals surface area contributed by atoms with Gasteiger partial charge in [-0.2, -0.15) is 0 Å². The molecule has 0 bridgehead atoms. The van der Waals surface area contributed by atoms with Crippen LogP contribution in [0.25, 0.3) is 0 Å². The van der Waals surface area contributed by atoms with Gasteiger partial charge in [0.2, 0.25) is 0 Å². The number of likely N-dealkylation sites (N-methyl/N-ethyl adjacent to an activating group) is 2. The molecule has 0 spiro atoms. The van der Waals surface area contributed by atoms with Crippen LogP contribution < -0.4 is 0 Å². The summed E-state index contributed by atoms with van der Waals surface area (Å²) in [7, 11) is 4.23. The first-order valence-corrected chi connectivity index (χ1v) is 9.61. The maximum atomic E-state index is 5.12. The molecule has 3 rings (SSSR count). The smallest absolute Gasteiger partial charge is 0.358 e. The summed E-state index contributed by atoms with van der Waals surface area (Å²) in [6.45, 7) is 10.4. The summed E-state index contributed by atoms with van der Waals surface area (Å²) in [5.41, 5.74) is 6.85. The number of para-hydroxylation sites is 2. The van der Waals surface area contributed by atoms with Gasteiger partial charge < -0.3 is 17.2 Å². The number of aliphatic imine (C=N–C) groups is 2. The fourth-order valence-corrected chi connectivity index (χ4v) is 3.54. The SMILES string of the molecule is Cc1cccc(C)c1N=C1C(=Nc2c(C)cccc2C)N(C)CCCN1C.[CH3-].[Ni+2]. The summed E-state index contributed by atoms with van der Waals surface area (Å²) in [4.78, 5) is 14.7. The summed E-state index contributed by atoms with van der Waals surface area (Å²) in [5, 5.41) is 0. The van der Waals surface area contributed by atoms with E-state index in [1.54, 1.807) is 0 Å². The number of aryl methyl sites for hydroxylation is 4. The zero-order chi connectivity index (χ0) is 19.6. The molecule has 1 fully saturated rings. The largest absolute Gasteiger partial charge is 2.00 e. The van der Waals surface area contributed by atoms with Gasteiger partial charge in [-0.15, -0.1) is 0 Å². The maximum Gasteiger partial charge on any atom is 2.00 e. The minimum atomic E-state index is 0. The van der Waals surface area contributed by atoms with E-state index in [2.05, 4.69) is 88.0 Å². The van der Waals surface area contributed by atoms with E-state index >= 15 is 0 Å². The van der Waals surface area contributed by atoms with Gasteiger partial charge in [0.25, 0.3) is 0 Å². The Morgan fingerprint density at radius 1 is 0.655 bits per heavy atom.